The second kappa shape index (κ2) is 10.5. The number of nitrogens with one attached hydrogen (secondary N) is 1. The SMILES string of the molecule is CC(=CC(=O)OCCNCC(C)C)C(=O)OCCN. The van der Waals surface area contributed by atoms with E-state index < -0.39 is 11.9 Å². The Morgan fingerprint density at radius 3 is 2.53 bits per heavy atom. The van der Waals surface area contributed by atoms with Gasteiger partial charge in [0.15, 0.2) is 0 Å². The van der Waals surface area contributed by atoms with E-state index in [1.54, 1.807) is 0 Å². The van der Waals surface area contributed by atoms with Gasteiger partial charge >= 0.3 is 11.9 Å². The van der Waals surface area contributed by atoms with Gasteiger partial charge in [0, 0.05) is 24.7 Å². The number of rotatable bonds is 9. The van der Waals surface area contributed by atoms with Gasteiger partial charge in [0.1, 0.15) is 13.2 Å². The van der Waals surface area contributed by atoms with E-state index in [1.807, 2.05) is 0 Å². The number of esters is 2. The minimum atomic E-state index is -0.555. The van der Waals surface area contributed by atoms with Crippen molar-refractivity contribution in [1.29, 1.82) is 0 Å². The molecule has 6 nitrogen and oxygen atoms in total. The first-order valence-electron chi connectivity index (χ1n) is 6.40. The first-order valence-corrected chi connectivity index (χ1v) is 6.40. The van der Waals surface area contributed by atoms with Gasteiger partial charge in [-0.25, -0.2) is 9.59 Å². The zero-order chi connectivity index (χ0) is 14.7. The van der Waals surface area contributed by atoms with Gasteiger partial charge in [-0.05, 0) is 19.4 Å². The van der Waals surface area contributed by atoms with Crippen LogP contribution in [0.2, 0.25) is 0 Å². The molecule has 0 amide bonds. The monoisotopic (exact) mass is 272 g/mol. The van der Waals surface area contributed by atoms with Crippen molar-refractivity contribution in [1.82, 2.24) is 5.32 Å². The Hall–Kier alpha value is -1.40. The second-order valence-electron chi connectivity index (χ2n) is 4.52. The summed E-state index contributed by atoms with van der Waals surface area (Å²) in [7, 11) is 0. The van der Waals surface area contributed by atoms with Crippen LogP contribution in [0.5, 0.6) is 0 Å². The lowest BCUT2D eigenvalue weighted by Crippen LogP contribution is -2.24. The number of hydrogen-bond donors (Lipinski definition) is 2. The Bertz CT molecular complexity index is 314. The molecule has 0 bridgehead atoms. The van der Waals surface area contributed by atoms with Crippen LogP contribution in [0.4, 0.5) is 0 Å². The van der Waals surface area contributed by atoms with E-state index in [0.29, 0.717) is 12.5 Å². The zero-order valence-electron chi connectivity index (χ0n) is 11.9. The predicted molar refractivity (Wildman–Crippen MR) is 72.4 cm³/mol. The summed E-state index contributed by atoms with van der Waals surface area (Å²) < 4.78 is 9.71. The van der Waals surface area contributed by atoms with Crippen LogP contribution in [0, 0.1) is 5.92 Å². The Labute approximate surface area is 114 Å². The molecule has 0 radical (unpaired) electrons. The van der Waals surface area contributed by atoms with Crippen molar-refractivity contribution in [3.8, 4) is 0 Å². The quantitative estimate of drug-likeness (QED) is 0.354. The highest BCUT2D eigenvalue weighted by Gasteiger charge is 2.08. The predicted octanol–water partition coefficient (Wildman–Crippen LogP) is 0.223. The maximum absolute atomic E-state index is 11.4. The van der Waals surface area contributed by atoms with Crippen molar-refractivity contribution in [3.63, 3.8) is 0 Å². The molecule has 0 spiro atoms. The van der Waals surface area contributed by atoms with Crippen LogP contribution in [0.3, 0.4) is 0 Å². The average molecular weight is 272 g/mol. The molecular weight excluding hydrogens is 248 g/mol. The lowest BCUT2D eigenvalue weighted by atomic mass is 10.2. The summed E-state index contributed by atoms with van der Waals surface area (Å²) in [5.74, 6) is -0.552. The topological polar surface area (TPSA) is 90.6 Å². The van der Waals surface area contributed by atoms with E-state index >= 15 is 0 Å². The minimum absolute atomic E-state index is 0.137. The molecule has 0 aliphatic heterocycles. The molecule has 0 aliphatic carbocycles. The minimum Gasteiger partial charge on any atom is -0.461 e. The molecule has 0 saturated heterocycles. The molecule has 6 heteroatoms. The lowest BCUT2D eigenvalue weighted by molar-refractivity contribution is -0.141. The molecule has 110 valence electrons. The van der Waals surface area contributed by atoms with Crippen LogP contribution in [0.15, 0.2) is 11.6 Å². The second-order valence-corrected chi connectivity index (χ2v) is 4.52. The van der Waals surface area contributed by atoms with Crippen molar-refractivity contribution >= 4 is 11.9 Å². The summed E-state index contributed by atoms with van der Waals surface area (Å²) in [6.45, 7) is 7.82. The fraction of sp³-hybridized carbons (Fsp3) is 0.692. The fourth-order valence-electron chi connectivity index (χ4n) is 1.16. The molecule has 0 heterocycles. The smallest absolute Gasteiger partial charge is 0.334 e. The van der Waals surface area contributed by atoms with Gasteiger partial charge in [0.05, 0.1) is 0 Å². The van der Waals surface area contributed by atoms with Crippen LogP contribution in [0.25, 0.3) is 0 Å². The third-order valence-corrected chi connectivity index (χ3v) is 2.08. The highest BCUT2D eigenvalue weighted by Crippen LogP contribution is 1.97. The first kappa shape index (κ1) is 17.6. The van der Waals surface area contributed by atoms with Crippen molar-refractivity contribution in [2.45, 2.75) is 20.8 Å². The molecule has 0 fully saturated rings. The Morgan fingerprint density at radius 1 is 1.26 bits per heavy atom. The molecule has 0 saturated carbocycles. The van der Waals surface area contributed by atoms with Gasteiger partial charge in [-0.3, -0.25) is 0 Å². The molecule has 19 heavy (non-hydrogen) atoms. The van der Waals surface area contributed by atoms with E-state index in [2.05, 4.69) is 19.2 Å². The summed E-state index contributed by atoms with van der Waals surface area (Å²) in [6.07, 6.45) is 1.13. The highest BCUT2D eigenvalue weighted by molar-refractivity contribution is 5.95. The Morgan fingerprint density at radius 2 is 1.95 bits per heavy atom. The lowest BCUT2D eigenvalue weighted by Gasteiger charge is -2.07. The molecule has 0 rings (SSSR count). The third kappa shape index (κ3) is 10.2. The van der Waals surface area contributed by atoms with Crippen LogP contribution < -0.4 is 11.1 Å². The summed E-state index contributed by atoms with van der Waals surface area (Å²) in [5, 5.41) is 3.14. The Kier molecular flexibility index (Phi) is 9.74. The summed E-state index contributed by atoms with van der Waals surface area (Å²) in [5.41, 5.74) is 5.40. The zero-order valence-corrected chi connectivity index (χ0v) is 11.9. The summed E-state index contributed by atoms with van der Waals surface area (Å²) >= 11 is 0. The molecular formula is C13H24N2O4. The van der Waals surface area contributed by atoms with Crippen molar-refractivity contribution in [2.24, 2.45) is 11.7 Å². The number of carbonyl (C=O) groups is 2. The van der Waals surface area contributed by atoms with Gasteiger partial charge in [-0.15, -0.1) is 0 Å². The standard InChI is InChI=1S/C13H24N2O4/c1-10(2)9-15-5-7-18-12(16)8-11(3)13(17)19-6-4-14/h8,10,15H,4-7,9,14H2,1-3H3. The first-order chi connectivity index (χ1) is 8.97. The van der Waals surface area contributed by atoms with Crippen LogP contribution in [-0.2, 0) is 19.1 Å². The van der Waals surface area contributed by atoms with Gasteiger partial charge in [-0.2, -0.15) is 0 Å². The molecule has 3 N–H and O–H groups in total. The molecule has 0 atom stereocenters. The normalized spacial score (nSPS) is 11.5. The Balaban J connectivity index is 3.85. The van der Waals surface area contributed by atoms with Gasteiger partial charge in [0.25, 0.3) is 0 Å². The van der Waals surface area contributed by atoms with Crippen LogP contribution >= 0.6 is 0 Å². The van der Waals surface area contributed by atoms with E-state index in [0.717, 1.165) is 12.6 Å². The number of nitrogens with two attached hydrogens (primary N) is 1. The number of hydrogen-bond acceptors (Lipinski definition) is 6. The molecule has 0 aromatic carbocycles. The maximum Gasteiger partial charge on any atom is 0.334 e. The summed E-state index contributed by atoms with van der Waals surface area (Å²) in [4.78, 5) is 22.7. The fourth-order valence-corrected chi connectivity index (χ4v) is 1.16. The van der Waals surface area contributed by atoms with E-state index in [4.69, 9.17) is 15.2 Å². The number of carbonyl (C=O) groups excluding carboxylic acids is 2. The van der Waals surface area contributed by atoms with Gasteiger partial charge in [-0.1, -0.05) is 13.8 Å². The van der Waals surface area contributed by atoms with Crippen LogP contribution in [-0.4, -0.2) is 44.8 Å². The van der Waals surface area contributed by atoms with E-state index in [1.165, 1.54) is 6.92 Å². The van der Waals surface area contributed by atoms with Crippen molar-refractivity contribution in [3.05, 3.63) is 11.6 Å². The average Bonchev–Trinajstić information content (AvgIpc) is 2.34. The van der Waals surface area contributed by atoms with Crippen molar-refractivity contribution < 1.29 is 19.1 Å². The third-order valence-electron chi connectivity index (χ3n) is 2.08. The van der Waals surface area contributed by atoms with Gasteiger partial charge in [0.2, 0.25) is 0 Å². The molecule has 0 unspecified atom stereocenters. The summed E-state index contributed by atoms with van der Waals surface area (Å²) in [6, 6.07) is 0. The molecule has 0 aromatic rings. The number of ether oxygens (including phenoxy) is 2. The maximum atomic E-state index is 11.4. The highest BCUT2D eigenvalue weighted by atomic mass is 16.5. The van der Waals surface area contributed by atoms with Crippen molar-refractivity contribution in [2.75, 3.05) is 32.8 Å². The van der Waals surface area contributed by atoms with Gasteiger partial charge < -0.3 is 20.5 Å². The molecule has 0 aliphatic rings. The largest absolute Gasteiger partial charge is 0.461 e. The molecule has 0 aromatic heterocycles. The van der Waals surface area contributed by atoms with E-state index in [9.17, 15) is 9.59 Å². The van der Waals surface area contributed by atoms with Crippen LogP contribution in [0.1, 0.15) is 20.8 Å². The van der Waals surface area contributed by atoms with E-state index in [-0.39, 0.29) is 25.3 Å².